The van der Waals surface area contributed by atoms with Crippen molar-refractivity contribution in [1.82, 2.24) is 15.2 Å². The van der Waals surface area contributed by atoms with E-state index in [9.17, 15) is 4.79 Å². The lowest BCUT2D eigenvalue weighted by molar-refractivity contribution is -0.116. The second kappa shape index (κ2) is 8.08. The molecule has 2 N–H and O–H groups in total. The molecule has 0 unspecified atom stereocenters. The molecule has 1 aromatic carbocycles. The molecule has 1 fully saturated rings. The predicted octanol–water partition coefficient (Wildman–Crippen LogP) is 4.06. The van der Waals surface area contributed by atoms with E-state index in [2.05, 4.69) is 34.0 Å². The van der Waals surface area contributed by atoms with E-state index < -0.39 is 0 Å². The number of hydrogen-bond donors (Lipinski definition) is 2. The van der Waals surface area contributed by atoms with Crippen LogP contribution >= 0.6 is 23.6 Å². The number of thiocarbonyl (C=S) groups is 1. The zero-order valence-electron chi connectivity index (χ0n) is 15.3. The van der Waals surface area contributed by atoms with Crippen LogP contribution in [0.2, 0.25) is 0 Å². The second-order valence-electron chi connectivity index (χ2n) is 6.64. The van der Waals surface area contributed by atoms with Gasteiger partial charge >= 0.3 is 0 Å². The lowest BCUT2D eigenvalue weighted by Gasteiger charge is -2.27. The van der Waals surface area contributed by atoms with Gasteiger partial charge in [-0.2, -0.15) is 0 Å². The van der Waals surface area contributed by atoms with Crippen molar-refractivity contribution in [3.63, 3.8) is 0 Å². The van der Waals surface area contributed by atoms with Crippen LogP contribution in [0.1, 0.15) is 28.2 Å². The lowest BCUT2D eigenvalue weighted by Crippen LogP contribution is -2.37. The molecule has 1 aliphatic rings. The third-order valence-corrected chi connectivity index (χ3v) is 6.18. The minimum atomic E-state index is -0.101. The number of nitrogens with one attached hydrogen (secondary N) is 2. The Morgan fingerprint density at radius 3 is 2.68 bits per heavy atom. The Labute approximate surface area is 173 Å². The van der Waals surface area contributed by atoms with Gasteiger partial charge in [0.1, 0.15) is 6.54 Å². The maximum atomic E-state index is 12.7. The molecule has 0 radical (unpaired) electrons. The van der Waals surface area contributed by atoms with Gasteiger partial charge in [-0.05, 0) is 60.4 Å². The number of thiophene rings is 1. The fraction of sp³-hybridized carbons (Fsp3) is 0.190. The molecule has 0 saturated carbocycles. The minimum absolute atomic E-state index is 0.0797. The summed E-state index contributed by atoms with van der Waals surface area (Å²) in [5.74, 6) is -0.101. The lowest BCUT2D eigenvalue weighted by atomic mass is 10.0. The molecule has 142 valence electrons. The number of aryl methyl sites for hydroxylation is 1. The van der Waals surface area contributed by atoms with Gasteiger partial charge in [0.15, 0.2) is 5.11 Å². The van der Waals surface area contributed by atoms with Crippen LogP contribution in [0.5, 0.6) is 0 Å². The number of benzene rings is 1. The third kappa shape index (κ3) is 3.76. The van der Waals surface area contributed by atoms with Crippen molar-refractivity contribution in [2.24, 2.45) is 0 Å². The van der Waals surface area contributed by atoms with E-state index in [1.54, 1.807) is 17.5 Å². The highest BCUT2D eigenvalue weighted by atomic mass is 32.1. The van der Waals surface area contributed by atoms with Crippen LogP contribution in [-0.2, 0) is 4.79 Å². The summed E-state index contributed by atoms with van der Waals surface area (Å²) < 4.78 is 0. The average Bonchev–Trinajstić information content (AvgIpc) is 3.26. The van der Waals surface area contributed by atoms with Crippen LogP contribution in [0.25, 0.3) is 0 Å². The summed E-state index contributed by atoms with van der Waals surface area (Å²) in [6, 6.07) is 17.2. The molecule has 1 aliphatic heterocycles. The minimum Gasteiger partial charge on any atom is -0.352 e. The van der Waals surface area contributed by atoms with Gasteiger partial charge in [-0.3, -0.25) is 9.78 Å². The number of nitrogens with zero attached hydrogens (tertiary/aromatic N) is 2. The van der Waals surface area contributed by atoms with E-state index in [0.717, 1.165) is 11.4 Å². The summed E-state index contributed by atoms with van der Waals surface area (Å²) in [6.45, 7) is 2.26. The van der Waals surface area contributed by atoms with Gasteiger partial charge in [-0.1, -0.05) is 24.3 Å². The van der Waals surface area contributed by atoms with Crippen LogP contribution in [0.3, 0.4) is 0 Å². The monoisotopic (exact) mass is 408 g/mol. The Morgan fingerprint density at radius 2 is 2.00 bits per heavy atom. The number of amides is 1. The molecule has 0 aliphatic carbocycles. The summed E-state index contributed by atoms with van der Waals surface area (Å²) in [4.78, 5) is 20.4. The highest BCUT2D eigenvalue weighted by molar-refractivity contribution is 7.80. The smallest absolute Gasteiger partial charge is 0.244 e. The highest BCUT2D eigenvalue weighted by Crippen LogP contribution is 2.41. The molecule has 7 heteroatoms. The molecular weight excluding hydrogens is 388 g/mol. The molecule has 1 amide bonds. The molecule has 2 aromatic heterocycles. The van der Waals surface area contributed by atoms with Crippen molar-refractivity contribution < 1.29 is 4.79 Å². The molecule has 0 spiro atoms. The maximum absolute atomic E-state index is 12.7. The number of pyridine rings is 1. The van der Waals surface area contributed by atoms with Crippen molar-refractivity contribution >= 4 is 40.3 Å². The first kappa shape index (κ1) is 18.6. The number of carbonyl (C=O) groups excluding carboxylic acids is 1. The van der Waals surface area contributed by atoms with Crippen LogP contribution in [0, 0.1) is 6.92 Å². The third-order valence-electron chi connectivity index (χ3n) is 4.74. The largest absolute Gasteiger partial charge is 0.352 e. The van der Waals surface area contributed by atoms with Crippen molar-refractivity contribution in [2.75, 3.05) is 11.9 Å². The number of carbonyl (C=O) groups is 1. The summed E-state index contributed by atoms with van der Waals surface area (Å²) >= 11 is 7.29. The van der Waals surface area contributed by atoms with Crippen LogP contribution in [-0.4, -0.2) is 27.4 Å². The van der Waals surface area contributed by atoms with E-state index in [-0.39, 0.29) is 24.5 Å². The first-order valence-corrected chi connectivity index (χ1v) is 10.3. The van der Waals surface area contributed by atoms with Gasteiger partial charge in [0.25, 0.3) is 0 Å². The Morgan fingerprint density at radius 1 is 1.21 bits per heavy atom. The summed E-state index contributed by atoms with van der Waals surface area (Å²) in [7, 11) is 0. The van der Waals surface area contributed by atoms with Crippen molar-refractivity contribution in [3.05, 3.63) is 82.3 Å². The normalized spacial score (nSPS) is 18.8. The SMILES string of the molecule is Cc1ccsc1[C@H]1[C@H](c2ccccn2)NC(=S)N1CC(=O)Nc1ccccc1. The Hall–Kier alpha value is -2.77. The van der Waals surface area contributed by atoms with E-state index in [0.29, 0.717) is 5.11 Å². The molecular formula is C21H20N4OS2. The standard InChI is InChI=1S/C21H20N4OS2/c1-14-10-12-28-20(14)19-18(16-9-5-6-11-22-16)24-21(27)25(19)13-17(26)23-15-7-3-2-4-8-15/h2-12,18-19H,13H2,1H3,(H,23,26)(H,24,27)/t18-,19+/m0/s1. The van der Waals surface area contributed by atoms with Gasteiger partial charge in [0.2, 0.25) is 5.91 Å². The molecule has 0 bridgehead atoms. The molecule has 4 rings (SSSR count). The number of rotatable bonds is 5. The predicted molar refractivity (Wildman–Crippen MR) is 116 cm³/mol. The average molecular weight is 409 g/mol. The Kier molecular flexibility index (Phi) is 5.36. The number of hydrogen-bond acceptors (Lipinski definition) is 4. The first-order chi connectivity index (χ1) is 13.6. The fourth-order valence-electron chi connectivity index (χ4n) is 3.42. The molecule has 3 heterocycles. The molecule has 3 aromatic rings. The van der Waals surface area contributed by atoms with E-state index in [1.165, 1.54) is 10.4 Å². The van der Waals surface area contributed by atoms with Crippen LogP contribution in [0.4, 0.5) is 5.69 Å². The van der Waals surface area contributed by atoms with E-state index in [1.807, 2.05) is 53.4 Å². The summed E-state index contributed by atoms with van der Waals surface area (Å²) in [5.41, 5.74) is 2.88. The van der Waals surface area contributed by atoms with Gasteiger partial charge < -0.3 is 15.5 Å². The van der Waals surface area contributed by atoms with Gasteiger partial charge in [-0.25, -0.2) is 0 Å². The summed E-state index contributed by atoms with van der Waals surface area (Å²) in [6.07, 6.45) is 1.78. The number of aromatic nitrogens is 1. The molecule has 1 saturated heterocycles. The van der Waals surface area contributed by atoms with Crippen molar-refractivity contribution in [2.45, 2.75) is 19.0 Å². The van der Waals surface area contributed by atoms with Crippen LogP contribution < -0.4 is 10.6 Å². The second-order valence-corrected chi connectivity index (χ2v) is 7.97. The highest BCUT2D eigenvalue weighted by Gasteiger charge is 2.41. The zero-order valence-corrected chi connectivity index (χ0v) is 17.0. The van der Waals surface area contributed by atoms with E-state index >= 15 is 0 Å². The topological polar surface area (TPSA) is 57.3 Å². The number of anilines is 1. The van der Waals surface area contributed by atoms with Gasteiger partial charge in [0, 0.05) is 16.8 Å². The van der Waals surface area contributed by atoms with Crippen molar-refractivity contribution in [3.8, 4) is 0 Å². The molecule has 5 nitrogen and oxygen atoms in total. The Bertz CT molecular complexity index is 974. The zero-order chi connectivity index (χ0) is 19.5. The first-order valence-electron chi connectivity index (χ1n) is 9.00. The van der Waals surface area contributed by atoms with Crippen molar-refractivity contribution in [1.29, 1.82) is 0 Å². The van der Waals surface area contributed by atoms with Crippen LogP contribution in [0.15, 0.2) is 66.2 Å². The fourth-order valence-corrected chi connectivity index (χ4v) is 4.80. The maximum Gasteiger partial charge on any atom is 0.244 e. The quantitative estimate of drug-likeness (QED) is 0.624. The van der Waals surface area contributed by atoms with Gasteiger partial charge in [-0.15, -0.1) is 11.3 Å². The molecule has 2 atom stereocenters. The number of para-hydroxylation sites is 1. The molecule has 28 heavy (non-hydrogen) atoms. The summed E-state index contributed by atoms with van der Waals surface area (Å²) in [5, 5.41) is 8.96. The Balaban J connectivity index is 1.62. The van der Waals surface area contributed by atoms with E-state index in [4.69, 9.17) is 12.2 Å². The van der Waals surface area contributed by atoms with Gasteiger partial charge in [0.05, 0.1) is 17.8 Å².